The van der Waals surface area contributed by atoms with Crippen LogP contribution in [0.2, 0.25) is 0 Å². The van der Waals surface area contributed by atoms with Crippen molar-refractivity contribution in [3.05, 3.63) is 29.8 Å². The second kappa shape index (κ2) is 6.50. The fourth-order valence-corrected chi connectivity index (χ4v) is 4.37. The number of aliphatic hydroxyl groups excluding tert-OH is 2. The molecule has 0 saturated carbocycles. The molecule has 1 atom stereocenters. The van der Waals surface area contributed by atoms with Crippen LogP contribution in [0.3, 0.4) is 0 Å². The number of nitrogens with zero attached hydrogens (tertiary/aromatic N) is 2. The van der Waals surface area contributed by atoms with Crippen molar-refractivity contribution < 1.29 is 19.3 Å². The molecule has 0 radical (unpaired) electrons. The van der Waals surface area contributed by atoms with Crippen molar-refractivity contribution >= 4 is 5.69 Å². The van der Waals surface area contributed by atoms with Crippen molar-refractivity contribution in [3.8, 4) is 0 Å². The largest absolute Gasteiger partial charge is 0.393 e. The number of benzene rings is 1. The van der Waals surface area contributed by atoms with E-state index in [4.69, 9.17) is 4.74 Å². The summed E-state index contributed by atoms with van der Waals surface area (Å²) < 4.78 is 20.3. The predicted molar refractivity (Wildman–Crippen MR) is 93.3 cm³/mol. The van der Waals surface area contributed by atoms with Crippen molar-refractivity contribution in [2.45, 2.75) is 31.2 Å². The summed E-state index contributed by atoms with van der Waals surface area (Å²) in [7, 11) is 0. The summed E-state index contributed by atoms with van der Waals surface area (Å²) in [5.41, 5.74) is 0.241. The minimum Gasteiger partial charge on any atom is -0.393 e. The Balaban J connectivity index is 1.39. The Morgan fingerprint density at radius 2 is 1.80 bits per heavy atom. The zero-order chi connectivity index (χ0) is 17.5. The SMILES string of the molecule is OCC1(F)CN(Cc2ccc(N3CCC(O)CC3)cc2)CC12COC2. The lowest BCUT2D eigenvalue weighted by atomic mass is 9.74. The average molecular weight is 350 g/mol. The van der Waals surface area contributed by atoms with Crippen LogP contribution in [0.25, 0.3) is 0 Å². The molecule has 138 valence electrons. The van der Waals surface area contributed by atoms with Crippen LogP contribution in [0.1, 0.15) is 18.4 Å². The van der Waals surface area contributed by atoms with Gasteiger partial charge in [-0.15, -0.1) is 0 Å². The smallest absolute Gasteiger partial charge is 0.157 e. The molecule has 1 aromatic rings. The number of hydrogen-bond donors (Lipinski definition) is 2. The Bertz CT molecular complexity index is 588. The number of hydrogen-bond acceptors (Lipinski definition) is 5. The predicted octanol–water partition coefficient (Wildman–Crippen LogP) is 1.18. The Morgan fingerprint density at radius 3 is 2.32 bits per heavy atom. The van der Waals surface area contributed by atoms with E-state index in [2.05, 4.69) is 34.1 Å². The second-order valence-corrected chi connectivity index (χ2v) is 7.93. The Kier molecular flexibility index (Phi) is 4.48. The quantitative estimate of drug-likeness (QED) is 0.854. The third kappa shape index (κ3) is 3.05. The lowest BCUT2D eigenvalue weighted by Crippen LogP contribution is -2.58. The molecule has 25 heavy (non-hydrogen) atoms. The van der Waals surface area contributed by atoms with Gasteiger partial charge in [0, 0.05) is 38.4 Å². The van der Waals surface area contributed by atoms with Crippen molar-refractivity contribution in [2.75, 3.05) is 50.9 Å². The highest BCUT2D eigenvalue weighted by Crippen LogP contribution is 2.47. The van der Waals surface area contributed by atoms with E-state index in [-0.39, 0.29) is 12.6 Å². The molecule has 2 N–H and O–H groups in total. The van der Waals surface area contributed by atoms with Gasteiger partial charge in [-0.1, -0.05) is 12.1 Å². The summed E-state index contributed by atoms with van der Waals surface area (Å²) in [6.07, 6.45) is 1.47. The highest BCUT2D eigenvalue weighted by atomic mass is 19.1. The summed E-state index contributed by atoms with van der Waals surface area (Å²) in [6.45, 7) is 3.72. The molecule has 3 aliphatic rings. The van der Waals surface area contributed by atoms with Gasteiger partial charge >= 0.3 is 0 Å². The maximum absolute atomic E-state index is 15.0. The van der Waals surface area contributed by atoms with Crippen LogP contribution in [-0.2, 0) is 11.3 Å². The van der Waals surface area contributed by atoms with Crippen LogP contribution in [0, 0.1) is 5.41 Å². The van der Waals surface area contributed by atoms with E-state index >= 15 is 4.39 Å². The highest BCUT2D eigenvalue weighted by molar-refractivity contribution is 5.48. The number of piperidine rings is 1. The third-order valence-corrected chi connectivity index (χ3v) is 6.13. The average Bonchev–Trinajstić information content (AvgIpc) is 2.90. The molecule has 3 heterocycles. The number of alkyl halides is 1. The van der Waals surface area contributed by atoms with E-state index in [1.54, 1.807) is 0 Å². The van der Waals surface area contributed by atoms with Crippen molar-refractivity contribution in [1.82, 2.24) is 4.90 Å². The van der Waals surface area contributed by atoms with Crippen LogP contribution < -0.4 is 4.90 Å². The first kappa shape index (κ1) is 17.2. The number of rotatable bonds is 4. The van der Waals surface area contributed by atoms with Gasteiger partial charge in [-0.2, -0.15) is 0 Å². The van der Waals surface area contributed by atoms with E-state index < -0.39 is 17.7 Å². The molecule has 0 amide bonds. The summed E-state index contributed by atoms with van der Waals surface area (Å²) >= 11 is 0. The molecule has 1 aromatic carbocycles. The molecular weight excluding hydrogens is 323 g/mol. The van der Waals surface area contributed by atoms with Gasteiger partial charge in [-0.25, -0.2) is 4.39 Å². The summed E-state index contributed by atoms with van der Waals surface area (Å²) in [6, 6.07) is 8.42. The van der Waals surface area contributed by atoms with Crippen molar-refractivity contribution in [1.29, 1.82) is 0 Å². The minimum absolute atomic E-state index is 0.166. The second-order valence-electron chi connectivity index (χ2n) is 7.93. The first-order valence-corrected chi connectivity index (χ1v) is 9.15. The third-order valence-electron chi connectivity index (χ3n) is 6.13. The lowest BCUT2D eigenvalue weighted by molar-refractivity contribution is -0.178. The molecule has 1 spiro atoms. The number of aliphatic hydroxyl groups is 2. The molecule has 3 aliphatic heterocycles. The molecule has 0 aromatic heterocycles. The maximum Gasteiger partial charge on any atom is 0.157 e. The van der Waals surface area contributed by atoms with E-state index in [1.807, 2.05) is 0 Å². The zero-order valence-corrected chi connectivity index (χ0v) is 14.5. The Hall–Kier alpha value is -1.21. The maximum atomic E-state index is 15.0. The van der Waals surface area contributed by atoms with Crippen molar-refractivity contribution in [3.63, 3.8) is 0 Å². The number of likely N-dealkylation sites (tertiary alicyclic amines) is 1. The molecule has 5 nitrogen and oxygen atoms in total. The Labute approximate surface area is 148 Å². The monoisotopic (exact) mass is 350 g/mol. The summed E-state index contributed by atoms with van der Waals surface area (Å²) in [5, 5.41) is 19.1. The summed E-state index contributed by atoms with van der Waals surface area (Å²) in [4.78, 5) is 4.39. The van der Waals surface area contributed by atoms with Gasteiger partial charge in [-0.05, 0) is 30.5 Å². The summed E-state index contributed by atoms with van der Waals surface area (Å²) in [5.74, 6) is 0. The minimum atomic E-state index is -1.56. The number of halogens is 1. The van der Waals surface area contributed by atoms with Crippen LogP contribution in [0.4, 0.5) is 10.1 Å². The molecule has 4 rings (SSSR count). The van der Waals surface area contributed by atoms with Gasteiger partial charge < -0.3 is 19.8 Å². The molecule has 0 aliphatic carbocycles. The Morgan fingerprint density at radius 1 is 1.12 bits per heavy atom. The highest BCUT2D eigenvalue weighted by Gasteiger charge is 2.62. The normalized spacial score (nSPS) is 30.0. The molecule has 6 heteroatoms. The van der Waals surface area contributed by atoms with Gasteiger partial charge in [0.2, 0.25) is 0 Å². The van der Waals surface area contributed by atoms with Crippen LogP contribution in [-0.4, -0.2) is 72.9 Å². The number of ether oxygens (including phenoxy) is 1. The first-order valence-electron chi connectivity index (χ1n) is 9.15. The van der Waals surface area contributed by atoms with E-state index in [0.29, 0.717) is 26.3 Å². The number of anilines is 1. The fraction of sp³-hybridized carbons (Fsp3) is 0.684. The fourth-order valence-electron chi connectivity index (χ4n) is 4.37. The van der Waals surface area contributed by atoms with Crippen molar-refractivity contribution in [2.24, 2.45) is 5.41 Å². The zero-order valence-electron chi connectivity index (χ0n) is 14.5. The van der Waals surface area contributed by atoms with Gasteiger partial charge in [0.25, 0.3) is 0 Å². The molecule has 3 fully saturated rings. The van der Waals surface area contributed by atoms with E-state index in [1.165, 1.54) is 5.69 Å². The van der Waals surface area contributed by atoms with Crippen LogP contribution in [0.5, 0.6) is 0 Å². The molecular formula is C19H27FN2O3. The standard InChI is InChI=1S/C19H27FN2O3/c20-19(12-23)11-21(10-18(19)13-25-14-18)9-15-1-3-16(4-2-15)22-7-5-17(24)6-8-22/h1-4,17,23-24H,5-14H2. The lowest BCUT2D eigenvalue weighted by Gasteiger charge is -2.44. The van der Waals surface area contributed by atoms with Gasteiger partial charge in [0.1, 0.15) is 0 Å². The van der Waals surface area contributed by atoms with Gasteiger partial charge in [0.05, 0.1) is 31.3 Å². The topological polar surface area (TPSA) is 56.2 Å². The van der Waals surface area contributed by atoms with Crippen LogP contribution in [0.15, 0.2) is 24.3 Å². The van der Waals surface area contributed by atoms with Gasteiger partial charge in [0.15, 0.2) is 5.67 Å². The molecule has 3 saturated heterocycles. The van der Waals surface area contributed by atoms with Crippen LogP contribution >= 0.6 is 0 Å². The van der Waals surface area contributed by atoms with Gasteiger partial charge in [-0.3, -0.25) is 4.90 Å². The molecule has 1 unspecified atom stereocenters. The first-order chi connectivity index (χ1) is 12.0. The van der Waals surface area contributed by atoms with E-state index in [9.17, 15) is 10.2 Å². The molecule has 0 bridgehead atoms. The van der Waals surface area contributed by atoms with E-state index in [0.717, 1.165) is 31.5 Å².